The van der Waals surface area contributed by atoms with Crippen molar-refractivity contribution in [3.8, 4) is 0 Å². The highest BCUT2D eigenvalue weighted by atomic mass is 35.5. The quantitative estimate of drug-likeness (QED) is 0.236. The van der Waals surface area contributed by atoms with Gasteiger partial charge >= 0.3 is 11.9 Å². The lowest BCUT2D eigenvalue weighted by molar-refractivity contribution is -0.870. The average molecular weight is 306 g/mol. The van der Waals surface area contributed by atoms with Crippen molar-refractivity contribution in [1.29, 1.82) is 0 Å². The van der Waals surface area contributed by atoms with Crippen LogP contribution < -0.4 is 12.4 Å². The van der Waals surface area contributed by atoms with Gasteiger partial charge in [0.15, 0.2) is 5.41 Å². The van der Waals surface area contributed by atoms with Crippen molar-refractivity contribution >= 4 is 11.9 Å². The molecule has 5 nitrogen and oxygen atoms in total. The maximum atomic E-state index is 12.1. The molecule has 0 aromatic heterocycles. The zero-order valence-corrected chi connectivity index (χ0v) is 13.4. The van der Waals surface area contributed by atoms with Gasteiger partial charge in [0.25, 0.3) is 0 Å². The fourth-order valence-electron chi connectivity index (χ4n) is 1.93. The first-order chi connectivity index (χ1) is 8.78. The highest BCUT2D eigenvalue weighted by molar-refractivity contribution is 6.04. The van der Waals surface area contributed by atoms with Crippen molar-refractivity contribution in [1.82, 2.24) is 0 Å². The number of quaternary nitrogens is 1. The molecule has 1 saturated carbocycles. The molecule has 0 heterocycles. The van der Waals surface area contributed by atoms with Crippen molar-refractivity contribution < 1.29 is 36.0 Å². The second-order valence-electron chi connectivity index (χ2n) is 5.89. The minimum Gasteiger partial charge on any atom is -1.00 e. The van der Waals surface area contributed by atoms with E-state index >= 15 is 0 Å². The first-order valence-corrected chi connectivity index (χ1v) is 6.55. The molecule has 0 radical (unpaired) electrons. The summed E-state index contributed by atoms with van der Waals surface area (Å²) in [5.41, 5.74) is -1.14. The number of carbonyl (C=O) groups is 2. The lowest BCUT2D eigenvalue weighted by Crippen LogP contribution is -3.00. The largest absolute Gasteiger partial charge is 1.00 e. The highest BCUT2D eigenvalue weighted by Crippen LogP contribution is 2.55. The van der Waals surface area contributed by atoms with E-state index in [0.29, 0.717) is 24.1 Å². The smallest absolute Gasteiger partial charge is 0.324 e. The van der Waals surface area contributed by atoms with Crippen LogP contribution in [0.4, 0.5) is 0 Å². The van der Waals surface area contributed by atoms with Crippen LogP contribution in [0.2, 0.25) is 0 Å². The second kappa shape index (κ2) is 7.09. The summed E-state index contributed by atoms with van der Waals surface area (Å²) in [7, 11) is 6.04. The summed E-state index contributed by atoms with van der Waals surface area (Å²) in [5, 5.41) is 0. The number of carbonyl (C=O) groups excluding carboxylic acids is 2. The van der Waals surface area contributed by atoms with Gasteiger partial charge in [-0.2, -0.15) is 0 Å². The molecule has 0 aliphatic heterocycles. The first kappa shape index (κ1) is 18.9. The Morgan fingerprint density at radius 3 is 2.25 bits per heavy atom. The molecule has 2 atom stereocenters. The summed E-state index contributed by atoms with van der Waals surface area (Å²) in [6.45, 7) is 6.62. The standard InChI is InChI=1S/C14H24NO4.ClH/c1-6-11-10-14(11,12(16)18-7-2)13(17)19-9-8-15(3,4)5;/h6,11H,1,7-10H2,2-5H3;1H/q+1;/p-1. The van der Waals surface area contributed by atoms with Crippen LogP contribution in [-0.4, -0.2) is 57.3 Å². The topological polar surface area (TPSA) is 52.6 Å². The van der Waals surface area contributed by atoms with E-state index in [1.807, 2.05) is 21.1 Å². The van der Waals surface area contributed by atoms with Crippen molar-refractivity contribution in [3.63, 3.8) is 0 Å². The molecule has 2 unspecified atom stereocenters. The van der Waals surface area contributed by atoms with Crippen molar-refractivity contribution in [2.75, 3.05) is 40.9 Å². The van der Waals surface area contributed by atoms with E-state index < -0.39 is 17.4 Å². The molecule has 0 spiro atoms. The molecule has 1 aliphatic carbocycles. The number of hydrogen-bond acceptors (Lipinski definition) is 4. The molecule has 1 fully saturated rings. The zero-order valence-electron chi connectivity index (χ0n) is 12.6. The summed E-state index contributed by atoms with van der Waals surface area (Å²) in [6.07, 6.45) is 2.07. The van der Waals surface area contributed by atoms with E-state index in [9.17, 15) is 9.59 Å². The van der Waals surface area contributed by atoms with Crippen LogP contribution >= 0.6 is 0 Å². The number of allylic oxidation sites excluding steroid dienone is 1. The Kier molecular flexibility index (Phi) is 6.71. The minimum atomic E-state index is -1.14. The zero-order chi connectivity index (χ0) is 14.7. The number of esters is 2. The van der Waals surface area contributed by atoms with Crippen LogP contribution in [0.5, 0.6) is 0 Å². The van der Waals surface area contributed by atoms with Crippen LogP contribution in [-0.2, 0) is 19.1 Å². The van der Waals surface area contributed by atoms with E-state index in [4.69, 9.17) is 9.47 Å². The minimum absolute atomic E-state index is 0. The Morgan fingerprint density at radius 2 is 1.85 bits per heavy atom. The fourth-order valence-corrected chi connectivity index (χ4v) is 1.93. The highest BCUT2D eigenvalue weighted by Gasteiger charge is 2.67. The van der Waals surface area contributed by atoms with Gasteiger partial charge in [0.05, 0.1) is 27.7 Å². The number of nitrogens with zero attached hydrogens (tertiary/aromatic N) is 1. The number of hydrogen-bond donors (Lipinski definition) is 0. The molecule has 0 saturated heterocycles. The molecule has 1 rings (SSSR count). The van der Waals surface area contributed by atoms with Gasteiger partial charge in [0.2, 0.25) is 0 Å². The third-order valence-corrected chi connectivity index (χ3v) is 3.30. The maximum absolute atomic E-state index is 12.1. The summed E-state index contributed by atoms with van der Waals surface area (Å²) < 4.78 is 10.9. The van der Waals surface area contributed by atoms with Crippen molar-refractivity contribution in [2.24, 2.45) is 11.3 Å². The molecule has 116 valence electrons. The van der Waals surface area contributed by atoms with Gasteiger partial charge in [-0.25, -0.2) is 0 Å². The van der Waals surface area contributed by atoms with Gasteiger partial charge in [-0.3, -0.25) is 9.59 Å². The van der Waals surface area contributed by atoms with Gasteiger partial charge < -0.3 is 26.4 Å². The SMILES string of the molecule is C=CC1CC1(C(=O)OCC)C(=O)OCC[N+](C)(C)C.[Cl-]. The van der Waals surface area contributed by atoms with Gasteiger partial charge in [-0.05, 0) is 13.3 Å². The summed E-state index contributed by atoms with van der Waals surface area (Å²) in [6, 6.07) is 0. The van der Waals surface area contributed by atoms with Crippen LogP contribution in [0.1, 0.15) is 13.3 Å². The normalized spacial score (nSPS) is 24.3. The van der Waals surface area contributed by atoms with E-state index in [0.717, 1.165) is 0 Å². The molecule has 20 heavy (non-hydrogen) atoms. The van der Waals surface area contributed by atoms with Gasteiger partial charge in [-0.15, -0.1) is 6.58 Å². The van der Waals surface area contributed by atoms with Crippen LogP contribution in [0.25, 0.3) is 0 Å². The van der Waals surface area contributed by atoms with Gasteiger partial charge in [0.1, 0.15) is 13.2 Å². The molecule has 0 amide bonds. The summed E-state index contributed by atoms with van der Waals surface area (Å²) in [5.74, 6) is -1.14. The van der Waals surface area contributed by atoms with Crippen molar-refractivity contribution in [3.05, 3.63) is 12.7 Å². The lowest BCUT2D eigenvalue weighted by atomic mass is 10.0. The third-order valence-electron chi connectivity index (χ3n) is 3.30. The first-order valence-electron chi connectivity index (χ1n) is 6.55. The molecule has 0 aromatic rings. The third kappa shape index (κ3) is 4.21. The molecular weight excluding hydrogens is 282 g/mol. The van der Waals surface area contributed by atoms with Gasteiger partial charge in [-0.1, -0.05) is 6.08 Å². The van der Waals surface area contributed by atoms with E-state index in [-0.39, 0.29) is 24.9 Å². The number of halogens is 1. The Hall–Kier alpha value is -1.07. The maximum Gasteiger partial charge on any atom is 0.324 e. The van der Waals surface area contributed by atoms with E-state index in [2.05, 4.69) is 6.58 Å². The Morgan fingerprint density at radius 1 is 1.30 bits per heavy atom. The van der Waals surface area contributed by atoms with Crippen LogP contribution in [0.3, 0.4) is 0 Å². The molecule has 0 N–H and O–H groups in total. The molecule has 0 aromatic carbocycles. The number of ether oxygens (including phenoxy) is 2. The van der Waals surface area contributed by atoms with E-state index in [1.165, 1.54) is 0 Å². The molecular formula is C14H24ClNO4. The second-order valence-corrected chi connectivity index (χ2v) is 5.89. The van der Waals surface area contributed by atoms with Crippen molar-refractivity contribution in [2.45, 2.75) is 13.3 Å². The lowest BCUT2D eigenvalue weighted by Gasteiger charge is -2.24. The summed E-state index contributed by atoms with van der Waals surface area (Å²) >= 11 is 0. The molecule has 0 bridgehead atoms. The average Bonchev–Trinajstić information content (AvgIpc) is 3.03. The molecule has 6 heteroatoms. The Balaban J connectivity index is 0.00000361. The monoisotopic (exact) mass is 305 g/mol. The van der Waals surface area contributed by atoms with Crippen LogP contribution in [0, 0.1) is 11.3 Å². The molecule has 1 aliphatic rings. The Bertz CT molecular complexity index is 378. The fraction of sp³-hybridized carbons (Fsp3) is 0.714. The van der Waals surface area contributed by atoms with Crippen LogP contribution in [0.15, 0.2) is 12.7 Å². The predicted octanol–water partition coefficient (Wildman–Crippen LogP) is -2.00. The van der Waals surface area contributed by atoms with Gasteiger partial charge in [0, 0.05) is 5.92 Å². The summed E-state index contributed by atoms with van der Waals surface area (Å²) in [4.78, 5) is 24.0. The van der Waals surface area contributed by atoms with E-state index in [1.54, 1.807) is 13.0 Å². The number of rotatable bonds is 7. The predicted molar refractivity (Wildman–Crippen MR) is 71.2 cm³/mol. The number of likely N-dealkylation sites (N-methyl/N-ethyl adjacent to an activating group) is 1. The Labute approximate surface area is 126 Å².